The summed E-state index contributed by atoms with van der Waals surface area (Å²) in [7, 11) is 0. The molecule has 0 aromatic rings. The Balaban J connectivity index is 2.64. The first-order valence-electron chi connectivity index (χ1n) is 7.07. The molecule has 0 aliphatic carbocycles. The van der Waals surface area contributed by atoms with E-state index in [-0.39, 0.29) is 12.7 Å². The highest BCUT2D eigenvalue weighted by Gasteiger charge is 2.38. The predicted molar refractivity (Wildman–Crippen MR) is 75.1 cm³/mol. The number of aliphatic hydroxyl groups is 1. The number of hydrogen-bond donors (Lipinski definition) is 2. The highest BCUT2D eigenvalue weighted by Crippen LogP contribution is 2.22. The van der Waals surface area contributed by atoms with Crippen molar-refractivity contribution < 1.29 is 14.6 Å². The average molecular weight is 283 g/mol. The SMILES string of the molecule is CC(C)(C)OC(=O)N1CCCC(C#N)(NCCCO)C1. The first kappa shape index (κ1) is 16.7. The Labute approximate surface area is 120 Å². The molecule has 0 radical (unpaired) electrons. The molecule has 114 valence electrons. The average Bonchev–Trinajstić information content (AvgIpc) is 2.37. The Morgan fingerprint density at radius 3 is 2.80 bits per heavy atom. The Morgan fingerprint density at radius 1 is 1.55 bits per heavy atom. The van der Waals surface area contributed by atoms with Gasteiger partial charge in [-0.1, -0.05) is 0 Å². The van der Waals surface area contributed by atoms with Gasteiger partial charge in [0.25, 0.3) is 0 Å². The third kappa shape index (κ3) is 4.99. The molecule has 0 spiro atoms. The fraction of sp³-hybridized carbons (Fsp3) is 0.857. The van der Waals surface area contributed by atoms with Crippen LogP contribution in [0.3, 0.4) is 0 Å². The quantitative estimate of drug-likeness (QED) is 0.758. The number of amides is 1. The number of aliphatic hydroxyl groups excluding tert-OH is 1. The lowest BCUT2D eigenvalue weighted by Crippen LogP contribution is -2.58. The van der Waals surface area contributed by atoms with Crippen molar-refractivity contribution >= 4 is 6.09 Å². The lowest BCUT2D eigenvalue weighted by atomic mass is 9.90. The van der Waals surface area contributed by atoms with E-state index in [1.54, 1.807) is 4.90 Å². The van der Waals surface area contributed by atoms with E-state index in [2.05, 4.69) is 11.4 Å². The zero-order chi connectivity index (χ0) is 15.2. The Bertz CT molecular complexity index is 373. The van der Waals surface area contributed by atoms with Gasteiger partial charge < -0.3 is 14.7 Å². The molecule has 0 aromatic heterocycles. The molecule has 0 bridgehead atoms. The number of nitrogens with zero attached hydrogens (tertiary/aromatic N) is 2. The smallest absolute Gasteiger partial charge is 0.410 e. The summed E-state index contributed by atoms with van der Waals surface area (Å²) in [6.45, 7) is 7.06. The number of carbonyl (C=O) groups excluding carboxylic acids is 1. The number of rotatable bonds is 4. The van der Waals surface area contributed by atoms with E-state index < -0.39 is 11.1 Å². The summed E-state index contributed by atoms with van der Waals surface area (Å²) in [5.74, 6) is 0. The van der Waals surface area contributed by atoms with E-state index in [1.165, 1.54) is 0 Å². The van der Waals surface area contributed by atoms with Crippen molar-refractivity contribution in [3.63, 3.8) is 0 Å². The molecule has 0 aromatic carbocycles. The number of carbonyl (C=O) groups is 1. The third-order valence-electron chi connectivity index (χ3n) is 3.16. The van der Waals surface area contributed by atoms with Gasteiger partial charge in [0.05, 0.1) is 12.6 Å². The van der Waals surface area contributed by atoms with E-state index in [4.69, 9.17) is 9.84 Å². The van der Waals surface area contributed by atoms with Crippen LogP contribution in [0.25, 0.3) is 0 Å². The fourth-order valence-electron chi connectivity index (χ4n) is 2.22. The number of piperidine rings is 1. The van der Waals surface area contributed by atoms with Crippen molar-refractivity contribution in [2.45, 2.75) is 51.2 Å². The second-order valence-corrected chi connectivity index (χ2v) is 6.20. The monoisotopic (exact) mass is 283 g/mol. The van der Waals surface area contributed by atoms with Gasteiger partial charge in [-0.25, -0.2) is 4.79 Å². The van der Waals surface area contributed by atoms with Gasteiger partial charge in [0.15, 0.2) is 0 Å². The minimum absolute atomic E-state index is 0.0876. The molecule has 1 aliphatic heterocycles. The molecule has 1 fully saturated rings. The zero-order valence-electron chi connectivity index (χ0n) is 12.6. The molecular weight excluding hydrogens is 258 g/mol. The predicted octanol–water partition coefficient (Wildman–Crippen LogP) is 1.25. The van der Waals surface area contributed by atoms with Crippen molar-refractivity contribution in [2.24, 2.45) is 0 Å². The molecular formula is C14H25N3O3. The molecule has 2 N–H and O–H groups in total. The summed E-state index contributed by atoms with van der Waals surface area (Å²) >= 11 is 0. The lowest BCUT2D eigenvalue weighted by molar-refractivity contribution is 0.0150. The number of nitriles is 1. The van der Waals surface area contributed by atoms with Gasteiger partial charge >= 0.3 is 6.09 Å². The summed E-state index contributed by atoms with van der Waals surface area (Å²) < 4.78 is 5.35. The molecule has 6 heteroatoms. The first-order valence-corrected chi connectivity index (χ1v) is 7.07. The van der Waals surface area contributed by atoms with Gasteiger partial charge in [0, 0.05) is 13.2 Å². The maximum atomic E-state index is 12.1. The van der Waals surface area contributed by atoms with Crippen LogP contribution in [0.5, 0.6) is 0 Å². The summed E-state index contributed by atoms with van der Waals surface area (Å²) in [4.78, 5) is 13.7. The van der Waals surface area contributed by atoms with E-state index in [9.17, 15) is 10.1 Å². The number of ether oxygens (including phenoxy) is 1. The molecule has 0 saturated carbocycles. The summed E-state index contributed by atoms with van der Waals surface area (Å²) in [5.41, 5.74) is -1.27. The van der Waals surface area contributed by atoms with Crippen LogP contribution in [0.4, 0.5) is 4.79 Å². The molecule has 1 aliphatic rings. The van der Waals surface area contributed by atoms with Crippen LogP contribution in [0.2, 0.25) is 0 Å². The van der Waals surface area contributed by atoms with E-state index >= 15 is 0 Å². The molecule has 1 rings (SSSR count). The van der Waals surface area contributed by atoms with Gasteiger partial charge in [-0.15, -0.1) is 0 Å². The standard InChI is InChI=1S/C14H25N3O3/c1-13(2,3)20-12(19)17-8-4-6-14(10-15,11-17)16-7-5-9-18/h16,18H,4-9,11H2,1-3H3. The minimum atomic E-state index is -0.732. The van der Waals surface area contributed by atoms with Gasteiger partial charge in [-0.05, 0) is 46.6 Å². The van der Waals surface area contributed by atoms with Gasteiger partial charge in [-0.2, -0.15) is 5.26 Å². The van der Waals surface area contributed by atoms with Crippen molar-refractivity contribution in [2.75, 3.05) is 26.2 Å². The lowest BCUT2D eigenvalue weighted by Gasteiger charge is -2.39. The van der Waals surface area contributed by atoms with Crippen LogP contribution in [-0.2, 0) is 4.74 Å². The van der Waals surface area contributed by atoms with E-state index in [1.807, 2.05) is 20.8 Å². The summed E-state index contributed by atoms with van der Waals surface area (Å²) in [6, 6.07) is 2.28. The molecule has 1 unspecified atom stereocenters. The maximum absolute atomic E-state index is 12.1. The van der Waals surface area contributed by atoms with Crippen molar-refractivity contribution in [1.82, 2.24) is 10.2 Å². The highest BCUT2D eigenvalue weighted by molar-refractivity contribution is 5.68. The second-order valence-electron chi connectivity index (χ2n) is 6.20. The Morgan fingerprint density at radius 2 is 2.25 bits per heavy atom. The van der Waals surface area contributed by atoms with Crippen LogP contribution in [0, 0.1) is 11.3 Å². The van der Waals surface area contributed by atoms with Gasteiger partial charge in [0.1, 0.15) is 11.1 Å². The normalized spacial score (nSPS) is 23.2. The molecule has 1 saturated heterocycles. The Hall–Kier alpha value is -1.32. The minimum Gasteiger partial charge on any atom is -0.444 e. The highest BCUT2D eigenvalue weighted by atomic mass is 16.6. The fourth-order valence-corrected chi connectivity index (χ4v) is 2.22. The van der Waals surface area contributed by atoms with E-state index in [0.717, 1.165) is 6.42 Å². The topological polar surface area (TPSA) is 85.6 Å². The number of nitrogens with one attached hydrogen (secondary N) is 1. The zero-order valence-corrected chi connectivity index (χ0v) is 12.6. The maximum Gasteiger partial charge on any atom is 0.410 e. The molecule has 1 atom stereocenters. The molecule has 6 nitrogen and oxygen atoms in total. The van der Waals surface area contributed by atoms with Crippen LogP contribution in [-0.4, -0.2) is 53.5 Å². The Kier molecular flexibility index (Phi) is 5.78. The number of likely N-dealkylation sites (tertiary alicyclic amines) is 1. The van der Waals surface area contributed by atoms with Crippen molar-refractivity contribution in [1.29, 1.82) is 5.26 Å². The first-order chi connectivity index (χ1) is 9.32. The largest absolute Gasteiger partial charge is 0.444 e. The van der Waals surface area contributed by atoms with E-state index in [0.29, 0.717) is 32.5 Å². The van der Waals surface area contributed by atoms with Crippen molar-refractivity contribution in [3.8, 4) is 6.07 Å². The molecule has 20 heavy (non-hydrogen) atoms. The molecule has 1 heterocycles. The van der Waals surface area contributed by atoms with Gasteiger partial charge in [-0.3, -0.25) is 5.32 Å². The summed E-state index contributed by atoms with van der Waals surface area (Å²) in [5, 5.41) is 21.4. The number of hydrogen-bond acceptors (Lipinski definition) is 5. The van der Waals surface area contributed by atoms with Crippen LogP contribution >= 0.6 is 0 Å². The summed E-state index contributed by atoms with van der Waals surface area (Å²) in [6.07, 6.45) is 1.68. The van der Waals surface area contributed by atoms with Crippen LogP contribution in [0.15, 0.2) is 0 Å². The van der Waals surface area contributed by atoms with Gasteiger partial charge in [0.2, 0.25) is 0 Å². The van der Waals surface area contributed by atoms with Crippen molar-refractivity contribution in [3.05, 3.63) is 0 Å². The third-order valence-corrected chi connectivity index (χ3v) is 3.16. The van der Waals surface area contributed by atoms with Crippen LogP contribution < -0.4 is 5.32 Å². The van der Waals surface area contributed by atoms with Crippen LogP contribution in [0.1, 0.15) is 40.0 Å². The molecule has 1 amide bonds. The second kappa shape index (κ2) is 6.91.